The Balaban J connectivity index is 2.47. The van der Waals surface area contributed by atoms with Gasteiger partial charge in [-0.05, 0) is 24.8 Å². The lowest BCUT2D eigenvalue weighted by molar-refractivity contribution is -0.387. The van der Waals surface area contributed by atoms with Crippen molar-refractivity contribution in [1.29, 1.82) is 0 Å². The van der Waals surface area contributed by atoms with Crippen LogP contribution in [0.3, 0.4) is 0 Å². The van der Waals surface area contributed by atoms with Crippen LogP contribution < -0.4 is 5.84 Å². The molecule has 1 heterocycles. The summed E-state index contributed by atoms with van der Waals surface area (Å²) in [5, 5.41) is 19.4. The van der Waals surface area contributed by atoms with Crippen LogP contribution in [0, 0.1) is 10.1 Å². The summed E-state index contributed by atoms with van der Waals surface area (Å²) in [5.74, 6) is 5.68. The third kappa shape index (κ3) is 3.60. The smallest absolute Gasteiger partial charge is 0.338 e. The van der Waals surface area contributed by atoms with Gasteiger partial charge in [0.2, 0.25) is 5.16 Å². The van der Waals surface area contributed by atoms with Crippen LogP contribution in [0.4, 0.5) is 5.69 Å². The predicted octanol–water partition coefficient (Wildman–Crippen LogP) is 2.44. The molecular formula is C13H14ClN5O4S. The Morgan fingerprint density at radius 3 is 2.71 bits per heavy atom. The van der Waals surface area contributed by atoms with E-state index in [9.17, 15) is 14.9 Å². The number of aromatic nitrogens is 3. The number of esters is 1. The zero-order valence-corrected chi connectivity index (χ0v) is 14.4. The van der Waals surface area contributed by atoms with E-state index in [1.165, 1.54) is 10.7 Å². The zero-order chi connectivity index (χ0) is 17.9. The third-order valence-electron chi connectivity index (χ3n) is 2.98. The molecule has 2 rings (SSSR count). The molecule has 0 aliphatic heterocycles. The number of nitro benzene ring substituents is 1. The lowest BCUT2D eigenvalue weighted by atomic mass is 10.2. The number of hydrogen-bond acceptors (Lipinski definition) is 8. The standard InChI is InChI=1S/C13H14ClN5O4S/c1-3-10-16-17-13(18(10)15)24-11-8(14)5-7(12(20)23-4-2)6-9(11)19(21)22/h5-6H,3-4,15H2,1-2H3. The first-order valence-electron chi connectivity index (χ1n) is 6.91. The highest BCUT2D eigenvalue weighted by Gasteiger charge is 2.25. The van der Waals surface area contributed by atoms with Gasteiger partial charge in [0.1, 0.15) is 4.90 Å². The Morgan fingerprint density at radius 2 is 2.17 bits per heavy atom. The van der Waals surface area contributed by atoms with Gasteiger partial charge in [0.15, 0.2) is 5.82 Å². The van der Waals surface area contributed by atoms with Crippen LogP contribution in [0.2, 0.25) is 5.02 Å². The van der Waals surface area contributed by atoms with Crippen molar-refractivity contribution in [3.05, 3.63) is 38.7 Å². The fourth-order valence-corrected chi connectivity index (χ4v) is 3.05. The first-order valence-corrected chi connectivity index (χ1v) is 8.10. The van der Waals surface area contributed by atoms with Gasteiger partial charge >= 0.3 is 5.97 Å². The van der Waals surface area contributed by atoms with Crippen molar-refractivity contribution in [3.8, 4) is 0 Å². The monoisotopic (exact) mass is 371 g/mol. The van der Waals surface area contributed by atoms with E-state index in [4.69, 9.17) is 22.2 Å². The molecule has 0 amide bonds. The second kappa shape index (κ2) is 7.49. The van der Waals surface area contributed by atoms with Crippen LogP contribution in [-0.2, 0) is 11.2 Å². The van der Waals surface area contributed by atoms with Gasteiger partial charge in [-0.3, -0.25) is 10.1 Å². The van der Waals surface area contributed by atoms with Gasteiger partial charge in [-0.15, -0.1) is 10.2 Å². The second-order valence-electron chi connectivity index (χ2n) is 4.51. The number of nitrogen functional groups attached to an aromatic ring is 1. The molecule has 2 N–H and O–H groups in total. The van der Waals surface area contributed by atoms with E-state index in [2.05, 4.69) is 10.2 Å². The van der Waals surface area contributed by atoms with E-state index in [1.54, 1.807) is 6.92 Å². The molecular weight excluding hydrogens is 358 g/mol. The van der Waals surface area contributed by atoms with Crippen LogP contribution >= 0.6 is 23.4 Å². The number of carbonyl (C=O) groups excluding carboxylic acids is 1. The predicted molar refractivity (Wildman–Crippen MR) is 87.7 cm³/mol. The number of rotatable bonds is 6. The fourth-order valence-electron chi connectivity index (χ4n) is 1.86. The van der Waals surface area contributed by atoms with Gasteiger partial charge in [0.25, 0.3) is 5.69 Å². The number of halogens is 1. The number of hydrogen-bond donors (Lipinski definition) is 1. The minimum Gasteiger partial charge on any atom is -0.462 e. The number of nitrogens with two attached hydrogens (primary N) is 1. The highest BCUT2D eigenvalue weighted by Crippen LogP contribution is 2.40. The second-order valence-corrected chi connectivity index (χ2v) is 5.89. The van der Waals surface area contributed by atoms with Crippen molar-refractivity contribution in [1.82, 2.24) is 14.9 Å². The molecule has 0 aliphatic rings. The van der Waals surface area contributed by atoms with Crippen LogP contribution in [0.1, 0.15) is 30.0 Å². The molecule has 9 nitrogen and oxygen atoms in total. The summed E-state index contributed by atoms with van der Waals surface area (Å²) in [6, 6.07) is 2.43. The van der Waals surface area contributed by atoms with Crippen molar-refractivity contribution in [2.75, 3.05) is 12.4 Å². The molecule has 0 unspecified atom stereocenters. The Kier molecular flexibility index (Phi) is 5.62. The Hall–Kier alpha value is -2.33. The van der Waals surface area contributed by atoms with Gasteiger partial charge < -0.3 is 10.6 Å². The minimum atomic E-state index is -0.686. The molecule has 0 aliphatic carbocycles. The number of carbonyl (C=O) groups is 1. The topological polar surface area (TPSA) is 126 Å². The molecule has 0 fully saturated rings. The van der Waals surface area contributed by atoms with Gasteiger partial charge in [-0.1, -0.05) is 18.5 Å². The van der Waals surface area contributed by atoms with Crippen molar-refractivity contribution >= 4 is 35.0 Å². The maximum atomic E-state index is 11.8. The molecule has 0 atom stereocenters. The molecule has 0 bridgehead atoms. The number of nitro groups is 1. The average molecular weight is 372 g/mol. The van der Waals surface area contributed by atoms with E-state index < -0.39 is 10.9 Å². The largest absolute Gasteiger partial charge is 0.462 e. The molecule has 0 saturated carbocycles. The van der Waals surface area contributed by atoms with Crippen molar-refractivity contribution < 1.29 is 14.5 Å². The highest BCUT2D eigenvalue weighted by atomic mass is 35.5. The quantitative estimate of drug-likeness (QED) is 0.355. The maximum absolute atomic E-state index is 11.8. The summed E-state index contributed by atoms with van der Waals surface area (Å²) in [6.45, 7) is 3.64. The van der Waals surface area contributed by atoms with Crippen molar-refractivity contribution in [3.63, 3.8) is 0 Å². The van der Waals surface area contributed by atoms with Crippen molar-refractivity contribution in [2.45, 2.75) is 30.3 Å². The highest BCUT2D eigenvalue weighted by molar-refractivity contribution is 7.99. The number of nitrogens with zero attached hydrogens (tertiary/aromatic N) is 4. The number of ether oxygens (including phenoxy) is 1. The maximum Gasteiger partial charge on any atom is 0.338 e. The number of benzene rings is 1. The van der Waals surface area contributed by atoms with Crippen LogP contribution in [-0.4, -0.2) is 32.4 Å². The summed E-state index contributed by atoms with van der Waals surface area (Å²) in [6.07, 6.45) is 0.557. The Bertz CT molecular complexity index is 795. The fraction of sp³-hybridized carbons (Fsp3) is 0.308. The summed E-state index contributed by atoms with van der Waals surface area (Å²) in [5.41, 5.74) is -0.335. The average Bonchev–Trinajstić information content (AvgIpc) is 2.89. The van der Waals surface area contributed by atoms with E-state index >= 15 is 0 Å². The van der Waals surface area contributed by atoms with Gasteiger partial charge in [-0.25, -0.2) is 9.47 Å². The van der Waals surface area contributed by atoms with Crippen molar-refractivity contribution in [2.24, 2.45) is 0 Å². The molecule has 1 aromatic carbocycles. The summed E-state index contributed by atoms with van der Waals surface area (Å²) >= 11 is 7.04. The Labute approximate surface area is 146 Å². The summed E-state index contributed by atoms with van der Waals surface area (Å²) in [7, 11) is 0. The SMILES string of the molecule is CCOC(=O)c1cc(Cl)c(Sc2nnc(CC)n2N)c([N+](=O)[O-])c1. The molecule has 0 saturated heterocycles. The van der Waals surface area contributed by atoms with Gasteiger partial charge in [0, 0.05) is 12.5 Å². The lowest BCUT2D eigenvalue weighted by Gasteiger charge is -2.08. The van der Waals surface area contributed by atoms with Crippen LogP contribution in [0.15, 0.2) is 22.2 Å². The first-order chi connectivity index (χ1) is 11.4. The summed E-state index contributed by atoms with van der Waals surface area (Å²) < 4.78 is 6.08. The Morgan fingerprint density at radius 1 is 1.46 bits per heavy atom. The molecule has 1 aromatic heterocycles. The molecule has 128 valence electrons. The zero-order valence-electron chi connectivity index (χ0n) is 12.9. The molecule has 2 aromatic rings. The van der Waals surface area contributed by atoms with E-state index in [-0.39, 0.29) is 32.9 Å². The van der Waals surface area contributed by atoms with E-state index in [1.807, 2.05) is 6.92 Å². The third-order valence-corrected chi connectivity index (χ3v) is 4.48. The first kappa shape index (κ1) is 18.0. The molecule has 0 spiro atoms. The van der Waals surface area contributed by atoms with Gasteiger partial charge in [0.05, 0.1) is 22.1 Å². The molecule has 24 heavy (non-hydrogen) atoms. The van der Waals surface area contributed by atoms with Gasteiger partial charge in [-0.2, -0.15) is 0 Å². The minimum absolute atomic E-state index is 0.00126. The number of aryl methyl sites for hydroxylation is 1. The summed E-state index contributed by atoms with van der Waals surface area (Å²) in [4.78, 5) is 22.6. The van der Waals surface area contributed by atoms with Crippen LogP contribution in [0.5, 0.6) is 0 Å². The molecule has 0 radical (unpaired) electrons. The lowest BCUT2D eigenvalue weighted by Crippen LogP contribution is -2.13. The normalized spacial score (nSPS) is 10.6. The van der Waals surface area contributed by atoms with E-state index in [0.29, 0.717) is 12.2 Å². The van der Waals surface area contributed by atoms with Crippen LogP contribution in [0.25, 0.3) is 0 Å². The molecule has 11 heteroatoms. The van der Waals surface area contributed by atoms with E-state index in [0.717, 1.165) is 17.8 Å².